The molecule has 0 aromatic carbocycles. The molecule has 0 bridgehead atoms. The number of ether oxygens (including phenoxy) is 2. The summed E-state index contributed by atoms with van der Waals surface area (Å²) in [6.07, 6.45) is 1.69. The largest absolute Gasteiger partial charge is 0.379 e. The molecule has 4 nitrogen and oxygen atoms in total. The lowest BCUT2D eigenvalue weighted by molar-refractivity contribution is -0.148. The summed E-state index contributed by atoms with van der Waals surface area (Å²) in [5, 5.41) is 2.73. The van der Waals surface area contributed by atoms with Crippen molar-refractivity contribution >= 4 is 6.41 Å². The van der Waals surface area contributed by atoms with Gasteiger partial charge in [0.15, 0.2) is 0 Å². The highest BCUT2D eigenvalue weighted by atomic mass is 16.5. The van der Waals surface area contributed by atoms with E-state index in [1.807, 2.05) is 13.8 Å². The van der Waals surface area contributed by atoms with E-state index in [0.717, 1.165) is 26.0 Å². The van der Waals surface area contributed by atoms with E-state index in [-0.39, 0.29) is 22.0 Å². The van der Waals surface area contributed by atoms with Crippen LogP contribution in [0.1, 0.15) is 110 Å². The van der Waals surface area contributed by atoms with Crippen LogP contribution in [0.4, 0.5) is 0 Å². The van der Waals surface area contributed by atoms with Gasteiger partial charge < -0.3 is 14.8 Å². The van der Waals surface area contributed by atoms with Crippen molar-refractivity contribution in [3.05, 3.63) is 0 Å². The van der Waals surface area contributed by atoms with Crippen LogP contribution in [0.5, 0.6) is 0 Å². The second-order valence-electron chi connectivity index (χ2n) is 11.6. The molecule has 1 amide bonds. The third-order valence-corrected chi connectivity index (χ3v) is 7.25. The van der Waals surface area contributed by atoms with Crippen LogP contribution >= 0.6 is 0 Å². The molecule has 0 spiro atoms. The van der Waals surface area contributed by atoms with Gasteiger partial charge in [-0.1, -0.05) is 76.2 Å². The van der Waals surface area contributed by atoms with E-state index < -0.39 is 0 Å². The van der Waals surface area contributed by atoms with Crippen molar-refractivity contribution in [1.29, 1.82) is 0 Å². The van der Waals surface area contributed by atoms with E-state index in [1.54, 1.807) is 7.11 Å². The summed E-state index contributed by atoms with van der Waals surface area (Å²) in [5.41, 5.74) is 0.0293. The summed E-state index contributed by atoms with van der Waals surface area (Å²) < 4.78 is 11.6. The predicted molar refractivity (Wildman–Crippen MR) is 138 cm³/mol. The van der Waals surface area contributed by atoms with Gasteiger partial charge in [0.25, 0.3) is 0 Å². The Morgan fingerprint density at radius 3 is 1.55 bits per heavy atom. The number of nitrogens with one attached hydrogen (secondary N) is 1. The lowest BCUT2D eigenvalue weighted by Gasteiger charge is -2.50. The molecule has 0 aliphatic heterocycles. The Kier molecular flexibility index (Phi) is 17.2. The number of methoxy groups -OCH3 is 1. The lowest BCUT2D eigenvalue weighted by Crippen LogP contribution is -2.50. The van der Waals surface area contributed by atoms with E-state index in [9.17, 15) is 4.79 Å². The Hall–Kier alpha value is -0.610. The zero-order chi connectivity index (χ0) is 25.7. The summed E-state index contributed by atoms with van der Waals surface area (Å²) in [5.74, 6) is 1.88. The van der Waals surface area contributed by atoms with Crippen LogP contribution < -0.4 is 5.32 Å². The van der Waals surface area contributed by atoms with Gasteiger partial charge in [0, 0.05) is 13.7 Å². The third-order valence-electron chi connectivity index (χ3n) is 7.25. The first kappa shape index (κ1) is 35.0. The summed E-state index contributed by atoms with van der Waals surface area (Å²) in [7, 11) is 1.75. The Balaban J connectivity index is -0.000000516. The maximum Gasteiger partial charge on any atom is 0.207 e. The number of amides is 1. The molecule has 190 valence electrons. The third kappa shape index (κ3) is 13.5. The fourth-order valence-corrected chi connectivity index (χ4v) is 3.16. The Morgan fingerprint density at radius 2 is 1.26 bits per heavy atom. The molecule has 0 aromatic rings. The minimum Gasteiger partial charge on any atom is -0.379 e. The molecule has 0 aliphatic carbocycles. The predicted octanol–water partition coefficient (Wildman–Crippen LogP) is 7.36. The SMILES string of the molecule is CC.CC(C)C(CNC=O)C(C)C.COC(C)(C)CCOC(C)(C)C(C)(C)C(C)(C)C. The van der Waals surface area contributed by atoms with E-state index in [0.29, 0.717) is 17.8 Å². The fraction of sp³-hybridized carbons (Fsp3) is 0.963. The first-order valence-corrected chi connectivity index (χ1v) is 12.2. The van der Waals surface area contributed by atoms with Crippen LogP contribution in [0.25, 0.3) is 0 Å². The summed E-state index contributed by atoms with van der Waals surface area (Å²) in [4.78, 5) is 10.0. The number of carbonyl (C=O) groups is 1. The van der Waals surface area contributed by atoms with E-state index in [4.69, 9.17) is 9.47 Å². The quantitative estimate of drug-likeness (QED) is 0.338. The number of hydrogen-bond donors (Lipinski definition) is 1. The first-order valence-electron chi connectivity index (χ1n) is 12.2. The van der Waals surface area contributed by atoms with Crippen LogP contribution in [0.2, 0.25) is 0 Å². The normalized spacial score (nSPS) is 12.9. The average molecular weight is 446 g/mol. The number of hydrogen-bond acceptors (Lipinski definition) is 3. The van der Waals surface area contributed by atoms with Crippen molar-refractivity contribution in [2.45, 2.75) is 121 Å². The molecule has 0 saturated heterocycles. The topological polar surface area (TPSA) is 47.6 Å². The van der Waals surface area contributed by atoms with Gasteiger partial charge in [-0.15, -0.1) is 0 Å². The summed E-state index contributed by atoms with van der Waals surface area (Å²) in [6, 6.07) is 0. The van der Waals surface area contributed by atoms with Crippen molar-refractivity contribution in [1.82, 2.24) is 5.32 Å². The van der Waals surface area contributed by atoms with Gasteiger partial charge in [-0.3, -0.25) is 4.79 Å². The molecular formula is C27H59NO3. The van der Waals surface area contributed by atoms with Crippen LogP contribution in [0.15, 0.2) is 0 Å². The molecule has 0 atom stereocenters. The molecule has 0 heterocycles. The van der Waals surface area contributed by atoms with Gasteiger partial charge in [0.05, 0.1) is 17.8 Å². The average Bonchev–Trinajstić information content (AvgIpc) is 2.62. The monoisotopic (exact) mass is 445 g/mol. The molecule has 0 fully saturated rings. The fourth-order valence-electron chi connectivity index (χ4n) is 3.16. The van der Waals surface area contributed by atoms with E-state index in [2.05, 4.69) is 95.3 Å². The molecule has 0 unspecified atom stereocenters. The second-order valence-corrected chi connectivity index (χ2v) is 11.6. The minimum atomic E-state index is -0.158. The molecule has 0 saturated carbocycles. The molecule has 1 N–H and O–H groups in total. The van der Waals surface area contributed by atoms with Gasteiger partial charge in [0.2, 0.25) is 6.41 Å². The van der Waals surface area contributed by atoms with Crippen LogP contribution in [0.3, 0.4) is 0 Å². The number of rotatable bonds is 11. The highest BCUT2D eigenvalue weighted by Gasteiger charge is 2.46. The molecular weight excluding hydrogens is 386 g/mol. The highest BCUT2D eigenvalue weighted by molar-refractivity contribution is 5.45. The van der Waals surface area contributed by atoms with Gasteiger partial charge in [0.1, 0.15) is 0 Å². The van der Waals surface area contributed by atoms with Gasteiger partial charge in [-0.05, 0) is 62.7 Å². The number of carbonyl (C=O) groups excluding carboxylic acids is 1. The Morgan fingerprint density at radius 1 is 0.839 bits per heavy atom. The van der Waals surface area contributed by atoms with Gasteiger partial charge in [-0.25, -0.2) is 0 Å². The maximum absolute atomic E-state index is 10.0. The standard InChI is InChI=1S/C16H34O2.C9H19NO.C2H6/c1-13(2,3)15(6,7)16(8,9)18-12-11-14(4,5)17-10;1-7(2)9(8(3)4)5-10-6-11;1-2/h11-12H2,1-10H3;6-9H,5H2,1-4H3,(H,10,11);1-2H3. The molecule has 31 heavy (non-hydrogen) atoms. The van der Waals surface area contributed by atoms with Gasteiger partial charge in [-0.2, -0.15) is 0 Å². The van der Waals surface area contributed by atoms with Crippen LogP contribution in [-0.2, 0) is 14.3 Å². The van der Waals surface area contributed by atoms with Gasteiger partial charge >= 0.3 is 0 Å². The molecule has 0 aliphatic rings. The second kappa shape index (κ2) is 15.3. The summed E-state index contributed by atoms with van der Waals surface area (Å²) in [6.45, 7) is 34.3. The minimum absolute atomic E-state index is 0.0945. The molecule has 0 radical (unpaired) electrons. The van der Waals surface area contributed by atoms with Crippen molar-refractivity contribution < 1.29 is 14.3 Å². The lowest BCUT2D eigenvalue weighted by atomic mass is 9.61. The van der Waals surface area contributed by atoms with E-state index >= 15 is 0 Å². The van der Waals surface area contributed by atoms with Crippen molar-refractivity contribution in [2.24, 2.45) is 28.6 Å². The highest BCUT2D eigenvalue weighted by Crippen LogP contribution is 2.48. The maximum atomic E-state index is 10.0. The Labute approximate surface area is 196 Å². The molecule has 0 aromatic heterocycles. The molecule has 0 rings (SSSR count). The first-order chi connectivity index (χ1) is 13.9. The molecule has 4 heteroatoms. The Bertz CT molecular complexity index is 438. The van der Waals surface area contributed by atoms with E-state index in [1.165, 1.54) is 0 Å². The zero-order valence-corrected chi connectivity index (χ0v) is 24.2. The van der Waals surface area contributed by atoms with Crippen LogP contribution in [0, 0.1) is 28.6 Å². The van der Waals surface area contributed by atoms with Crippen molar-refractivity contribution in [3.63, 3.8) is 0 Å². The zero-order valence-electron chi connectivity index (χ0n) is 24.2. The van der Waals surface area contributed by atoms with Crippen LogP contribution in [-0.4, -0.2) is 37.9 Å². The van der Waals surface area contributed by atoms with Crippen molar-refractivity contribution in [2.75, 3.05) is 20.3 Å². The smallest absolute Gasteiger partial charge is 0.207 e. The van der Waals surface area contributed by atoms with Crippen molar-refractivity contribution in [3.8, 4) is 0 Å². The summed E-state index contributed by atoms with van der Waals surface area (Å²) >= 11 is 0.